The van der Waals surface area contributed by atoms with Gasteiger partial charge in [0, 0.05) is 12.0 Å². The van der Waals surface area contributed by atoms with E-state index in [9.17, 15) is 4.89 Å². The molecule has 114 valence electrons. The van der Waals surface area contributed by atoms with Crippen molar-refractivity contribution in [1.29, 1.82) is 0 Å². The predicted octanol–water partition coefficient (Wildman–Crippen LogP) is 4.93. The molecule has 0 heterocycles. The fourth-order valence-electron chi connectivity index (χ4n) is 2.89. The van der Waals surface area contributed by atoms with Crippen molar-refractivity contribution in [2.45, 2.75) is 6.42 Å². The van der Waals surface area contributed by atoms with Gasteiger partial charge in [0.05, 0.1) is 0 Å². The van der Waals surface area contributed by atoms with Crippen molar-refractivity contribution < 1.29 is 13.9 Å². The van der Waals surface area contributed by atoms with Gasteiger partial charge in [-0.15, -0.1) is 0 Å². The van der Waals surface area contributed by atoms with Crippen molar-refractivity contribution in [3.8, 4) is 22.6 Å². The number of rotatable bonds is 4. The number of hydrogen-bond donors (Lipinski definition) is 1. The molecule has 1 unspecified atom stereocenters. The van der Waals surface area contributed by atoms with Gasteiger partial charge in [-0.05, 0) is 34.9 Å². The molecule has 0 saturated carbocycles. The van der Waals surface area contributed by atoms with Gasteiger partial charge in [0.1, 0.15) is 11.5 Å². The second-order valence-electron chi connectivity index (χ2n) is 5.35. The van der Waals surface area contributed by atoms with E-state index in [1.165, 1.54) is 16.7 Å². The average molecular weight is 322 g/mol. The monoisotopic (exact) mass is 322 g/mol. The first-order chi connectivity index (χ1) is 11.3. The summed E-state index contributed by atoms with van der Waals surface area (Å²) in [7, 11) is -2.02. The molecule has 4 rings (SSSR count). The largest absolute Gasteiger partial charge is 0.460 e. The lowest BCUT2D eigenvalue weighted by Crippen LogP contribution is -1.97. The van der Waals surface area contributed by atoms with Crippen LogP contribution in [0.15, 0.2) is 72.8 Å². The molecule has 0 saturated heterocycles. The van der Waals surface area contributed by atoms with Gasteiger partial charge >= 0.3 is 8.60 Å². The van der Waals surface area contributed by atoms with Crippen LogP contribution in [0.25, 0.3) is 11.1 Å². The summed E-state index contributed by atoms with van der Waals surface area (Å²) in [6.07, 6.45) is 0.816. The van der Waals surface area contributed by atoms with Crippen LogP contribution in [0.5, 0.6) is 11.5 Å². The van der Waals surface area contributed by atoms with Gasteiger partial charge in [-0.1, -0.05) is 54.6 Å². The Hall–Kier alpha value is -2.35. The Morgan fingerprint density at radius 1 is 0.739 bits per heavy atom. The van der Waals surface area contributed by atoms with Crippen LogP contribution in [0, 0.1) is 0 Å². The maximum Gasteiger partial charge on any atom is 0.460 e. The number of para-hydroxylation sites is 1. The van der Waals surface area contributed by atoms with Gasteiger partial charge < -0.3 is 13.9 Å². The summed E-state index contributed by atoms with van der Waals surface area (Å²) >= 11 is 0. The molecule has 0 aromatic heterocycles. The smallest absolute Gasteiger partial charge is 0.418 e. The second kappa shape index (κ2) is 6.04. The van der Waals surface area contributed by atoms with Crippen molar-refractivity contribution in [1.82, 2.24) is 0 Å². The Balaban J connectivity index is 1.57. The van der Waals surface area contributed by atoms with Crippen LogP contribution in [0.2, 0.25) is 0 Å². The molecule has 0 amide bonds. The third-order valence-electron chi connectivity index (χ3n) is 3.91. The van der Waals surface area contributed by atoms with Gasteiger partial charge in [-0.2, -0.15) is 0 Å². The van der Waals surface area contributed by atoms with Gasteiger partial charge in [0.15, 0.2) is 0 Å². The molecular formula is C19H15O3P. The molecule has 0 radical (unpaired) electrons. The van der Waals surface area contributed by atoms with Crippen molar-refractivity contribution in [3.05, 3.63) is 83.9 Å². The quantitative estimate of drug-likeness (QED) is 0.541. The SMILES string of the molecule is OP(Oc1ccccc1)Oc1cccc2c1Cc1ccccc1-2. The molecule has 1 aliphatic rings. The Morgan fingerprint density at radius 2 is 1.48 bits per heavy atom. The minimum atomic E-state index is -2.02. The fourth-order valence-corrected chi connectivity index (χ4v) is 3.57. The van der Waals surface area contributed by atoms with Crippen LogP contribution >= 0.6 is 8.60 Å². The first-order valence-electron chi connectivity index (χ1n) is 7.41. The zero-order valence-electron chi connectivity index (χ0n) is 12.3. The molecule has 23 heavy (non-hydrogen) atoms. The van der Waals surface area contributed by atoms with Gasteiger partial charge in [0.25, 0.3) is 0 Å². The van der Waals surface area contributed by atoms with E-state index in [1.54, 1.807) is 12.1 Å². The second-order valence-corrected chi connectivity index (χ2v) is 6.19. The van der Waals surface area contributed by atoms with Crippen molar-refractivity contribution in [2.75, 3.05) is 0 Å². The zero-order chi connectivity index (χ0) is 15.6. The van der Waals surface area contributed by atoms with E-state index in [0.29, 0.717) is 11.5 Å². The highest BCUT2D eigenvalue weighted by atomic mass is 31.2. The van der Waals surface area contributed by atoms with E-state index in [1.807, 2.05) is 42.5 Å². The van der Waals surface area contributed by atoms with E-state index in [-0.39, 0.29) is 0 Å². The summed E-state index contributed by atoms with van der Waals surface area (Å²) in [6, 6.07) is 23.4. The molecule has 1 aliphatic carbocycles. The van der Waals surface area contributed by atoms with Crippen molar-refractivity contribution in [3.63, 3.8) is 0 Å². The summed E-state index contributed by atoms with van der Waals surface area (Å²) in [5.41, 5.74) is 4.79. The minimum absolute atomic E-state index is 0.594. The van der Waals surface area contributed by atoms with Crippen LogP contribution in [0.3, 0.4) is 0 Å². The first-order valence-corrected chi connectivity index (χ1v) is 8.54. The normalized spacial score (nSPS) is 13.1. The van der Waals surface area contributed by atoms with E-state index in [0.717, 1.165) is 12.0 Å². The number of benzene rings is 3. The fraction of sp³-hybridized carbons (Fsp3) is 0.0526. The van der Waals surface area contributed by atoms with Crippen molar-refractivity contribution in [2.24, 2.45) is 0 Å². The standard InChI is InChI=1S/C19H15O3P/c20-23(21-15-8-2-1-3-9-15)22-19-12-6-11-17-16-10-5-4-7-14(16)13-18(17)19/h1-12,20H,13H2. The lowest BCUT2D eigenvalue weighted by Gasteiger charge is -2.14. The summed E-state index contributed by atoms with van der Waals surface area (Å²) in [6.45, 7) is 0. The predicted molar refractivity (Wildman–Crippen MR) is 91.5 cm³/mol. The third kappa shape index (κ3) is 2.81. The van der Waals surface area contributed by atoms with Crippen LogP contribution < -0.4 is 9.05 Å². The third-order valence-corrected chi connectivity index (χ3v) is 4.63. The van der Waals surface area contributed by atoms with Crippen LogP contribution in [0.4, 0.5) is 0 Å². The molecule has 1 N–H and O–H groups in total. The van der Waals surface area contributed by atoms with Crippen LogP contribution in [0.1, 0.15) is 11.1 Å². The summed E-state index contributed by atoms with van der Waals surface area (Å²) < 4.78 is 11.1. The lowest BCUT2D eigenvalue weighted by molar-refractivity contribution is 0.380. The van der Waals surface area contributed by atoms with E-state index in [2.05, 4.69) is 18.2 Å². The highest BCUT2D eigenvalue weighted by Crippen LogP contribution is 2.45. The zero-order valence-corrected chi connectivity index (χ0v) is 13.2. The maximum atomic E-state index is 10.1. The molecule has 3 aromatic carbocycles. The molecule has 3 aromatic rings. The molecule has 4 heteroatoms. The van der Waals surface area contributed by atoms with Crippen LogP contribution in [-0.2, 0) is 6.42 Å². The lowest BCUT2D eigenvalue weighted by atomic mass is 10.1. The molecule has 1 atom stereocenters. The molecule has 3 nitrogen and oxygen atoms in total. The molecular weight excluding hydrogens is 307 g/mol. The molecule has 0 fully saturated rings. The first kappa shape index (κ1) is 14.3. The summed E-state index contributed by atoms with van der Waals surface area (Å²) in [4.78, 5) is 10.1. The minimum Gasteiger partial charge on any atom is -0.418 e. The van der Waals surface area contributed by atoms with E-state index >= 15 is 0 Å². The highest BCUT2D eigenvalue weighted by molar-refractivity contribution is 7.41. The number of fused-ring (bicyclic) bond motifs is 3. The van der Waals surface area contributed by atoms with Gasteiger partial charge in [-0.3, -0.25) is 0 Å². The Labute approximate surface area is 136 Å². The Kier molecular flexibility index (Phi) is 3.74. The topological polar surface area (TPSA) is 38.7 Å². The molecule has 0 spiro atoms. The Bertz CT molecular complexity index is 833. The number of hydrogen-bond acceptors (Lipinski definition) is 3. The van der Waals surface area contributed by atoms with Crippen molar-refractivity contribution >= 4 is 8.60 Å². The molecule has 0 bridgehead atoms. The molecule has 0 aliphatic heterocycles. The van der Waals surface area contributed by atoms with E-state index < -0.39 is 8.60 Å². The van der Waals surface area contributed by atoms with Gasteiger partial charge in [0.2, 0.25) is 0 Å². The van der Waals surface area contributed by atoms with E-state index in [4.69, 9.17) is 9.05 Å². The maximum absolute atomic E-state index is 10.1. The summed E-state index contributed by atoms with van der Waals surface area (Å²) in [5.74, 6) is 1.28. The van der Waals surface area contributed by atoms with Crippen LogP contribution in [-0.4, -0.2) is 4.89 Å². The average Bonchev–Trinajstić information content (AvgIpc) is 2.96. The van der Waals surface area contributed by atoms with Gasteiger partial charge in [-0.25, -0.2) is 0 Å². The summed E-state index contributed by atoms with van der Waals surface area (Å²) in [5, 5.41) is 0. The highest BCUT2D eigenvalue weighted by Gasteiger charge is 2.23. The Morgan fingerprint density at radius 3 is 2.35 bits per heavy atom.